The van der Waals surface area contributed by atoms with Crippen molar-refractivity contribution < 1.29 is 13.3 Å². The van der Waals surface area contributed by atoms with Crippen LogP contribution in [0.4, 0.5) is 11.4 Å². The Kier molecular flexibility index (Phi) is 5.23. The van der Waals surface area contributed by atoms with Crippen LogP contribution in [0.25, 0.3) is 0 Å². The van der Waals surface area contributed by atoms with Gasteiger partial charge in [0.25, 0.3) is 15.7 Å². The van der Waals surface area contributed by atoms with Crippen molar-refractivity contribution in [2.75, 3.05) is 10.8 Å². The molecule has 0 radical (unpaired) electrons. The van der Waals surface area contributed by atoms with Crippen LogP contribution in [-0.2, 0) is 16.4 Å². The minimum atomic E-state index is -3.89. The van der Waals surface area contributed by atoms with Crippen molar-refractivity contribution >= 4 is 21.4 Å². The number of hydrogen-bond donors (Lipinski definition) is 0. The minimum Gasteiger partial charge on any atom is -0.266 e. The third-order valence-electron chi connectivity index (χ3n) is 3.88. The average Bonchev–Trinajstić information content (AvgIpc) is 2.55. The molecule has 0 amide bonds. The van der Waals surface area contributed by atoms with Crippen LogP contribution in [0, 0.1) is 17.0 Å². The summed E-state index contributed by atoms with van der Waals surface area (Å²) in [6.45, 7) is 5.58. The van der Waals surface area contributed by atoms with Crippen LogP contribution in [0.2, 0.25) is 0 Å². The molecule has 0 saturated carbocycles. The maximum atomic E-state index is 13.1. The number of rotatable bonds is 6. The summed E-state index contributed by atoms with van der Waals surface area (Å²) in [5.41, 5.74) is 1.76. The van der Waals surface area contributed by atoms with E-state index in [2.05, 4.69) is 0 Å². The average molecular weight is 348 g/mol. The van der Waals surface area contributed by atoms with Crippen molar-refractivity contribution in [1.29, 1.82) is 0 Å². The third-order valence-corrected chi connectivity index (χ3v) is 5.91. The van der Waals surface area contributed by atoms with E-state index in [4.69, 9.17) is 0 Å². The van der Waals surface area contributed by atoms with Gasteiger partial charge in [-0.25, -0.2) is 8.42 Å². The Morgan fingerprint density at radius 3 is 2.38 bits per heavy atom. The van der Waals surface area contributed by atoms with Crippen LogP contribution >= 0.6 is 0 Å². The fraction of sp³-hybridized carbons (Fsp3) is 0.294. The Bertz CT molecular complexity index is 863. The molecule has 7 heteroatoms. The first-order chi connectivity index (χ1) is 11.3. The van der Waals surface area contributed by atoms with Crippen LogP contribution in [0.15, 0.2) is 47.4 Å². The van der Waals surface area contributed by atoms with Crippen molar-refractivity contribution in [2.45, 2.75) is 32.1 Å². The molecule has 0 N–H and O–H groups in total. The van der Waals surface area contributed by atoms with Gasteiger partial charge in [-0.3, -0.25) is 14.4 Å². The third kappa shape index (κ3) is 3.26. The van der Waals surface area contributed by atoms with E-state index in [0.717, 1.165) is 11.6 Å². The highest BCUT2D eigenvalue weighted by atomic mass is 32.2. The van der Waals surface area contributed by atoms with Gasteiger partial charge in [-0.2, -0.15) is 0 Å². The molecule has 0 fully saturated rings. The smallest absolute Gasteiger partial charge is 0.266 e. The molecule has 0 heterocycles. The normalized spacial score (nSPS) is 11.3. The van der Waals surface area contributed by atoms with Crippen LogP contribution in [0.1, 0.15) is 25.0 Å². The molecule has 0 atom stereocenters. The van der Waals surface area contributed by atoms with E-state index in [0.29, 0.717) is 17.7 Å². The van der Waals surface area contributed by atoms with Gasteiger partial charge in [-0.1, -0.05) is 31.2 Å². The molecule has 2 rings (SSSR count). The van der Waals surface area contributed by atoms with Crippen molar-refractivity contribution in [1.82, 2.24) is 0 Å². The van der Waals surface area contributed by atoms with Gasteiger partial charge in [0.1, 0.15) is 0 Å². The molecule has 0 spiro atoms. The second-order valence-electron chi connectivity index (χ2n) is 5.36. The number of para-hydroxylation sites is 1. The van der Waals surface area contributed by atoms with Crippen molar-refractivity contribution in [3.63, 3.8) is 0 Å². The maximum absolute atomic E-state index is 13.1. The summed E-state index contributed by atoms with van der Waals surface area (Å²) in [5, 5.41) is 11.0. The van der Waals surface area contributed by atoms with E-state index in [1.807, 2.05) is 19.1 Å². The topological polar surface area (TPSA) is 80.5 Å². The van der Waals surface area contributed by atoms with Gasteiger partial charge in [-0.05, 0) is 37.5 Å². The molecule has 0 saturated heterocycles. The Balaban J connectivity index is 2.63. The first-order valence-electron chi connectivity index (χ1n) is 7.68. The van der Waals surface area contributed by atoms with Crippen LogP contribution in [0.5, 0.6) is 0 Å². The number of benzene rings is 2. The summed E-state index contributed by atoms with van der Waals surface area (Å²) in [5.74, 6) is 0. The number of nitro benzene ring substituents is 1. The lowest BCUT2D eigenvalue weighted by atomic mass is 10.1. The van der Waals surface area contributed by atoms with E-state index in [1.165, 1.54) is 16.4 Å². The first-order valence-corrected chi connectivity index (χ1v) is 9.12. The Morgan fingerprint density at radius 2 is 1.79 bits per heavy atom. The minimum absolute atomic E-state index is 0.0375. The Labute approximate surface area is 141 Å². The zero-order valence-corrected chi connectivity index (χ0v) is 14.7. The molecule has 0 aromatic heterocycles. The predicted octanol–water partition coefficient (Wildman–Crippen LogP) is 3.68. The van der Waals surface area contributed by atoms with E-state index in [-0.39, 0.29) is 17.1 Å². The summed E-state index contributed by atoms with van der Waals surface area (Å²) in [6.07, 6.45) is 0.691. The summed E-state index contributed by atoms with van der Waals surface area (Å²) in [7, 11) is -3.89. The molecule has 0 bridgehead atoms. The molecule has 2 aromatic rings. The number of nitrogens with zero attached hydrogens (tertiary/aromatic N) is 2. The standard InChI is InChI=1S/C17H20N2O4S/c1-4-14-8-6-7-9-16(14)18(5-2)24(22,23)17-12-15(19(20)21)11-10-13(17)3/h6-12H,4-5H2,1-3H3. The highest BCUT2D eigenvalue weighted by molar-refractivity contribution is 7.92. The van der Waals surface area contributed by atoms with Gasteiger partial charge in [0.2, 0.25) is 0 Å². The van der Waals surface area contributed by atoms with Crippen molar-refractivity contribution in [3.05, 3.63) is 63.7 Å². The highest BCUT2D eigenvalue weighted by Gasteiger charge is 2.28. The van der Waals surface area contributed by atoms with E-state index in [9.17, 15) is 18.5 Å². The number of anilines is 1. The second kappa shape index (κ2) is 7.00. The molecular weight excluding hydrogens is 328 g/mol. The lowest BCUT2D eigenvalue weighted by Crippen LogP contribution is -2.32. The number of non-ortho nitro benzene ring substituents is 1. The molecule has 0 unspecified atom stereocenters. The van der Waals surface area contributed by atoms with Gasteiger partial charge >= 0.3 is 0 Å². The lowest BCUT2D eigenvalue weighted by molar-refractivity contribution is -0.385. The molecule has 2 aromatic carbocycles. The first kappa shape index (κ1) is 17.9. The zero-order chi connectivity index (χ0) is 17.9. The summed E-state index contributed by atoms with van der Waals surface area (Å²) in [4.78, 5) is 10.4. The van der Waals surface area contributed by atoms with Crippen molar-refractivity contribution in [2.24, 2.45) is 0 Å². The fourth-order valence-electron chi connectivity index (χ4n) is 2.62. The van der Waals surface area contributed by atoms with Gasteiger partial charge in [0, 0.05) is 18.7 Å². The second-order valence-corrected chi connectivity index (χ2v) is 7.19. The SMILES string of the molecule is CCc1ccccc1N(CC)S(=O)(=O)c1cc([N+](=O)[O-])ccc1C. The molecule has 24 heavy (non-hydrogen) atoms. The number of nitro groups is 1. The quantitative estimate of drug-likeness (QED) is 0.589. The molecule has 6 nitrogen and oxygen atoms in total. The van der Waals surface area contributed by atoms with Crippen LogP contribution < -0.4 is 4.31 Å². The van der Waals surface area contributed by atoms with Crippen molar-refractivity contribution in [3.8, 4) is 0 Å². The van der Waals surface area contributed by atoms with E-state index < -0.39 is 14.9 Å². The molecular formula is C17H20N2O4S. The fourth-order valence-corrected chi connectivity index (χ4v) is 4.38. The number of aryl methyl sites for hydroxylation is 2. The monoisotopic (exact) mass is 348 g/mol. The lowest BCUT2D eigenvalue weighted by Gasteiger charge is -2.25. The largest absolute Gasteiger partial charge is 0.270 e. The maximum Gasteiger partial charge on any atom is 0.270 e. The van der Waals surface area contributed by atoms with E-state index in [1.54, 1.807) is 26.0 Å². The molecule has 128 valence electrons. The molecule has 0 aliphatic heterocycles. The van der Waals surface area contributed by atoms with Gasteiger partial charge < -0.3 is 0 Å². The van der Waals surface area contributed by atoms with E-state index >= 15 is 0 Å². The Hall–Kier alpha value is -2.41. The molecule has 0 aliphatic carbocycles. The summed E-state index contributed by atoms with van der Waals surface area (Å²) < 4.78 is 27.6. The number of hydrogen-bond acceptors (Lipinski definition) is 4. The summed E-state index contributed by atoms with van der Waals surface area (Å²) in [6, 6.07) is 11.2. The predicted molar refractivity (Wildman–Crippen MR) is 93.9 cm³/mol. The highest BCUT2D eigenvalue weighted by Crippen LogP contribution is 2.30. The van der Waals surface area contributed by atoms with Crippen LogP contribution in [-0.4, -0.2) is 19.9 Å². The number of sulfonamides is 1. The zero-order valence-electron chi connectivity index (χ0n) is 13.9. The van der Waals surface area contributed by atoms with Crippen LogP contribution in [0.3, 0.4) is 0 Å². The van der Waals surface area contributed by atoms with Gasteiger partial charge in [0.05, 0.1) is 15.5 Å². The van der Waals surface area contributed by atoms with Gasteiger partial charge in [0.15, 0.2) is 0 Å². The Morgan fingerprint density at radius 1 is 1.12 bits per heavy atom. The van der Waals surface area contributed by atoms with Gasteiger partial charge in [-0.15, -0.1) is 0 Å². The summed E-state index contributed by atoms with van der Waals surface area (Å²) >= 11 is 0. The molecule has 0 aliphatic rings.